The van der Waals surface area contributed by atoms with E-state index in [-0.39, 0.29) is 5.56 Å². The molecule has 154 valence electrons. The summed E-state index contributed by atoms with van der Waals surface area (Å²) < 4.78 is 6.75. The molecule has 0 aliphatic heterocycles. The Hall–Kier alpha value is -4.04. The van der Waals surface area contributed by atoms with Crippen LogP contribution in [0.2, 0.25) is 0 Å². The molecule has 31 heavy (non-hydrogen) atoms. The highest BCUT2D eigenvalue weighted by atomic mass is 32.1. The second-order valence-electron chi connectivity index (χ2n) is 6.47. The van der Waals surface area contributed by atoms with Crippen LogP contribution in [0.1, 0.15) is 20.7 Å². The van der Waals surface area contributed by atoms with E-state index in [1.807, 2.05) is 47.8 Å². The van der Waals surface area contributed by atoms with E-state index in [1.165, 1.54) is 11.3 Å². The first kappa shape index (κ1) is 20.2. The van der Waals surface area contributed by atoms with Gasteiger partial charge in [-0.1, -0.05) is 42.5 Å². The van der Waals surface area contributed by atoms with Gasteiger partial charge in [-0.05, 0) is 35.7 Å². The average Bonchev–Trinajstić information content (AvgIpc) is 3.49. The Morgan fingerprint density at radius 3 is 2.32 bits per heavy atom. The molecular formula is C23H17N3O4S. The number of ether oxygens (including phenoxy) is 1. The number of carbonyl (C=O) groups is 3. The first-order valence-electron chi connectivity index (χ1n) is 9.37. The van der Waals surface area contributed by atoms with Crippen molar-refractivity contribution in [3.05, 3.63) is 95.5 Å². The summed E-state index contributed by atoms with van der Waals surface area (Å²) in [7, 11) is 0. The van der Waals surface area contributed by atoms with Crippen LogP contribution in [0.5, 0.6) is 0 Å². The van der Waals surface area contributed by atoms with E-state index in [4.69, 9.17) is 4.74 Å². The first-order valence-corrected chi connectivity index (χ1v) is 10.2. The molecule has 0 saturated heterocycles. The fourth-order valence-corrected chi connectivity index (χ4v) is 3.59. The number of para-hydroxylation sites is 1. The summed E-state index contributed by atoms with van der Waals surface area (Å²) in [5, 5.41) is 8.62. The van der Waals surface area contributed by atoms with Crippen LogP contribution in [0, 0.1) is 0 Å². The van der Waals surface area contributed by atoms with Crippen LogP contribution in [0.4, 0.5) is 0 Å². The molecule has 2 amide bonds. The van der Waals surface area contributed by atoms with E-state index in [1.54, 1.807) is 41.2 Å². The maximum atomic E-state index is 12.7. The third-order valence-electron chi connectivity index (χ3n) is 4.33. The van der Waals surface area contributed by atoms with Crippen LogP contribution < -0.4 is 5.32 Å². The topological polar surface area (TPSA) is 90.3 Å². The van der Waals surface area contributed by atoms with Gasteiger partial charge in [-0.15, -0.1) is 11.3 Å². The van der Waals surface area contributed by atoms with Crippen molar-refractivity contribution < 1.29 is 19.1 Å². The quantitative estimate of drug-likeness (QED) is 0.470. The lowest BCUT2D eigenvalue weighted by molar-refractivity contribution is -0.123. The number of rotatable bonds is 6. The van der Waals surface area contributed by atoms with E-state index in [0.717, 1.165) is 10.6 Å². The Morgan fingerprint density at radius 2 is 1.65 bits per heavy atom. The number of thiophene rings is 1. The largest absolute Gasteiger partial charge is 0.452 e. The predicted octanol–water partition coefficient (Wildman–Crippen LogP) is 3.71. The number of hydrogen-bond acceptors (Lipinski definition) is 6. The Balaban J connectivity index is 1.48. The van der Waals surface area contributed by atoms with Gasteiger partial charge in [0.1, 0.15) is 11.3 Å². The number of nitrogens with one attached hydrogen (secondary N) is 1. The van der Waals surface area contributed by atoms with Gasteiger partial charge in [-0.25, -0.2) is 9.48 Å². The van der Waals surface area contributed by atoms with Gasteiger partial charge in [0.25, 0.3) is 11.8 Å². The summed E-state index contributed by atoms with van der Waals surface area (Å²) in [6, 6.07) is 21.4. The van der Waals surface area contributed by atoms with Gasteiger partial charge in [-0.2, -0.15) is 5.10 Å². The maximum Gasteiger partial charge on any atom is 0.342 e. The van der Waals surface area contributed by atoms with Crippen LogP contribution in [0.3, 0.4) is 0 Å². The molecule has 8 heteroatoms. The minimum Gasteiger partial charge on any atom is -0.452 e. The van der Waals surface area contributed by atoms with Crippen molar-refractivity contribution in [2.45, 2.75) is 0 Å². The molecule has 4 rings (SSSR count). The smallest absolute Gasteiger partial charge is 0.342 e. The number of benzene rings is 2. The molecule has 2 aromatic heterocycles. The van der Waals surface area contributed by atoms with E-state index < -0.39 is 24.4 Å². The second kappa shape index (κ2) is 9.19. The molecule has 1 N–H and O–H groups in total. The molecule has 0 fully saturated rings. The van der Waals surface area contributed by atoms with Crippen molar-refractivity contribution in [2.75, 3.05) is 6.61 Å². The Kier molecular flexibility index (Phi) is 6.00. The van der Waals surface area contributed by atoms with Crippen LogP contribution in [-0.4, -0.2) is 34.2 Å². The summed E-state index contributed by atoms with van der Waals surface area (Å²) in [6.07, 6.45) is 1.57. The molecule has 0 spiro atoms. The lowest BCUT2D eigenvalue weighted by atomic mass is 10.2. The van der Waals surface area contributed by atoms with E-state index in [2.05, 4.69) is 10.4 Å². The van der Waals surface area contributed by atoms with Crippen molar-refractivity contribution in [1.29, 1.82) is 0 Å². The van der Waals surface area contributed by atoms with Crippen molar-refractivity contribution in [1.82, 2.24) is 15.1 Å². The van der Waals surface area contributed by atoms with Gasteiger partial charge in [0.2, 0.25) is 0 Å². The van der Waals surface area contributed by atoms with Gasteiger partial charge < -0.3 is 4.74 Å². The number of esters is 1. The first-order chi connectivity index (χ1) is 15.1. The molecule has 2 heterocycles. The summed E-state index contributed by atoms with van der Waals surface area (Å²) >= 11 is 1.44. The van der Waals surface area contributed by atoms with Crippen molar-refractivity contribution in [3.8, 4) is 16.3 Å². The zero-order chi connectivity index (χ0) is 21.6. The normalized spacial score (nSPS) is 10.5. The fourth-order valence-electron chi connectivity index (χ4n) is 2.86. The minimum absolute atomic E-state index is 0.230. The lowest BCUT2D eigenvalue weighted by Crippen LogP contribution is -2.34. The van der Waals surface area contributed by atoms with Gasteiger partial charge in [0, 0.05) is 11.8 Å². The number of amides is 2. The molecule has 7 nitrogen and oxygen atoms in total. The zero-order valence-corrected chi connectivity index (χ0v) is 17.0. The molecule has 0 bridgehead atoms. The second-order valence-corrected chi connectivity index (χ2v) is 7.42. The minimum atomic E-state index is -0.713. The Labute approximate surface area is 181 Å². The molecule has 2 aromatic carbocycles. The standard InChI is InChI=1S/C23H17N3O4S/c27-20(24-22(28)16-8-3-1-4-9-16)15-30-23(29)18-14-26(17-10-5-2-6-11-17)25-21(18)19-12-7-13-31-19/h1-14H,15H2,(H,24,27,28). The van der Waals surface area contributed by atoms with Crippen molar-refractivity contribution in [3.63, 3.8) is 0 Å². The number of carbonyl (C=O) groups excluding carboxylic acids is 3. The van der Waals surface area contributed by atoms with Crippen LogP contribution in [0.25, 0.3) is 16.3 Å². The van der Waals surface area contributed by atoms with Crippen LogP contribution in [0.15, 0.2) is 84.4 Å². The predicted molar refractivity (Wildman–Crippen MR) is 116 cm³/mol. The van der Waals surface area contributed by atoms with E-state index in [0.29, 0.717) is 11.3 Å². The van der Waals surface area contributed by atoms with E-state index in [9.17, 15) is 14.4 Å². The summed E-state index contributed by atoms with van der Waals surface area (Å²) in [6.45, 7) is -0.586. The third-order valence-corrected chi connectivity index (χ3v) is 5.21. The number of aromatic nitrogens is 2. The fraction of sp³-hybridized carbons (Fsp3) is 0.0435. The lowest BCUT2D eigenvalue weighted by Gasteiger charge is -2.05. The van der Waals surface area contributed by atoms with Crippen molar-refractivity contribution >= 4 is 29.1 Å². The molecule has 0 aliphatic carbocycles. The monoisotopic (exact) mass is 431 g/mol. The average molecular weight is 431 g/mol. The highest BCUT2D eigenvalue weighted by Gasteiger charge is 2.22. The number of hydrogen-bond donors (Lipinski definition) is 1. The molecular weight excluding hydrogens is 414 g/mol. The summed E-state index contributed by atoms with van der Waals surface area (Å²) in [5.74, 6) is -1.97. The van der Waals surface area contributed by atoms with E-state index >= 15 is 0 Å². The highest BCUT2D eigenvalue weighted by Crippen LogP contribution is 2.28. The molecule has 0 saturated carbocycles. The number of imide groups is 1. The zero-order valence-electron chi connectivity index (χ0n) is 16.2. The summed E-state index contributed by atoms with van der Waals surface area (Å²) in [5.41, 5.74) is 1.81. The maximum absolute atomic E-state index is 12.7. The Morgan fingerprint density at radius 1 is 0.935 bits per heavy atom. The third kappa shape index (κ3) is 4.76. The Bertz CT molecular complexity index is 1200. The van der Waals surface area contributed by atoms with Gasteiger partial charge in [0.15, 0.2) is 6.61 Å². The summed E-state index contributed by atoms with van der Waals surface area (Å²) in [4.78, 5) is 37.7. The van der Waals surface area contributed by atoms with Crippen LogP contribution >= 0.6 is 11.3 Å². The van der Waals surface area contributed by atoms with Gasteiger partial charge >= 0.3 is 5.97 Å². The van der Waals surface area contributed by atoms with Crippen molar-refractivity contribution in [2.24, 2.45) is 0 Å². The van der Waals surface area contributed by atoms with Gasteiger partial charge in [0.05, 0.1) is 10.6 Å². The molecule has 0 unspecified atom stereocenters. The van der Waals surface area contributed by atoms with Gasteiger partial charge in [-0.3, -0.25) is 14.9 Å². The highest BCUT2D eigenvalue weighted by molar-refractivity contribution is 7.13. The SMILES string of the molecule is O=C(COC(=O)c1cn(-c2ccccc2)nc1-c1cccs1)NC(=O)c1ccccc1. The number of nitrogens with zero attached hydrogens (tertiary/aromatic N) is 2. The molecule has 4 aromatic rings. The molecule has 0 aliphatic rings. The van der Waals surface area contributed by atoms with Crippen LogP contribution in [-0.2, 0) is 9.53 Å². The molecule has 0 radical (unpaired) electrons. The molecule has 0 atom stereocenters.